The van der Waals surface area contributed by atoms with Crippen molar-refractivity contribution in [1.29, 1.82) is 0 Å². The van der Waals surface area contributed by atoms with Crippen molar-refractivity contribution in [2.24, 2.45) is 13.0 Å². The van der Waals surface area contributed by atoms with Crippen LogP contribution in [0.5, 0.6) is 11.6 Å². The van der Waals surface area contributed by atoms with Crippen LogP contribution in [0.15, 0.2) is 54.7 Å². The van der Waals surface area contributed by atoms with Gasteiger partial charge in [-0.15, -0.1) is 5.10 Å². The van der Waals surface area contributed by atoms with Crippen molar-refractivity contribution in [2.45, 2.75) is 26.7 Å². The standard InChI is InChI=1S/C22H20FN7O3.C4H6O2/c1-12-9-17(29(2)27-12)22(32)24-16-10-14(5-6-15(16)23)33-20-8-7-19-25-18(11-30(19)28-20)26-21(31)13-3-4-13;1-2-3-4(5)6/h5-11,13H,3-4H2,1-2H3,(H,24,32)(H,26,31);2-3H,1H3,(H,5,6)/b;3-2+. The average molecular weight is 536 g/mol. The van der Waals surface area contributed by atoms with Gasteiger partial charge in [0.1, 0.15) is 17.3 Å². The van der Waals surface area contributed by atoms with Crippen LogP contribution in [0.4, 0.5) is 15.9 Å². The molecule has 1 aliphatic carbocycles. The summed E-state index contributed by atoms with van der Waals surface area (Å²) in [7, 11) is 1.64. The third-order valence-corrected chi connectivity index (χ3v) is 5.45. The van der Waals surface area contributed by atoms with Gasteiger partial charge in [0.05, 0.1) is 17.6 Å². The van der Waals surface area contributed by atoms with Crippen molar-refractivity contribution in [3.63, 3.8) is 0 Å². The van der Waals surface area contributed by atoms with E-state index >= 15 is 0 Å². The second kappa shape index (κ2) is 11.5. The van der Waals surface area contributed by atoms with E-state index in [0.717, 1.165) is 18.9 Å². The second-order valence-corrected chi connectivity index (χ2v) is 8.69. The number of rotatable bonds is 7. The van der Waals surface area contributed by atoms with Gasteiger partial charge in [0.25, 0.3) is 5.91 Å². The van der Waals surface area contributed by atoms with E-state index in [1.807, 2.05) is 0 Å². The van der Waals surface area contributed by atoms with Gasteiger partial charge < -0.3 is 20.5 Å². The van der Waals surface area contributed by atoms with Gasteiger partial charge in [-0.3, -0.25) is 14.3 Å². The molecule has 2 amide bonds. The number of ether oxygens (including phenoxy) is 1. The Morgan fingerprint density at radius 1 is 1.13 bits per heavy atom. The van der Waals surface area contributed by atoms with E-state index in [1.165, 1.54) is 33.5 Å². The molecule has 0 aliphatic heterocycles. The fraction of sp³-hybridized carbons (Fsp3) is 0.231. The molecule has 202 valence electrons. The summed E-state index contributed by atoms with van der Waals surface area (Å²) in [6.45, 7) is 3.42. The molecular weight excluding hydrogens is 509 g/mol. The van der Waals surface area contributed by atoms with Crippen molar-refractivity contribution >= 4 is 34.9 Å². The minimum Gasteiger partial charge on any atom is -0.478 e. The molecule has 13 heteroatoms. The first-order chi connectivity index (χ1) is 18.6. The first-order valence-corrected chi connectivity index (χ1v) is 11.9. The molecule has 5 rings (SSSR count). The van der Waals surface area contributed by atoms with Gasteiger partial charge in [0.15, 0.2) is 11.5 Å². The lowest BCUT2D eigenvalue weighted by molar-refractivity contribution is -0.131. The SMILES string of the molecule is C/C=C/C(=O)O.Cc1cc(C(=O)Nc2cc(Oc3ccc4nc(NC(=O)C5CC5)cn4n3)ccc2F)n(C)n1. The number of halogens is 1. The maximum Gasteiger partial charge on any atom is 0.327 e. The minimum atomic E-state index is -0.891. The van der Waals surface area contributed by atoms with Crippen LogP contribution in [0.3, 0.4) is 0 Å². The predicted molar refractivity (Wildman–Crippen MR) is 139 cm³/mol. The highest BCUT2D eigenvalue weighted by atomic mass is 19.1. The molecule has 4 aromatic rings. The van der Waals surface area contributed by atoms with Crippen LogP contribution < -0.4 is 15.4 Å². The Kier molecular flexibility index (Phi) is 7.98. The number of imidazole rings is 1. The number of aromatic nitrogens is 5. The number of hydrogen-bond donors (Lipinski definition) is 3. The monoisotopic (exact) mass is 535 g/mol. The maximum atomic E-state index is 14.3. The molecule has 1 aliphatic rings. The average Bonchev–Trinajstić information content (AvgIpc) is 3.57. The molecule has 0 bridgehead atoms. The van der Waals surface area contributed by atoms with Crippen LogP contribution in [0, 0.1) is 18.7 Å². The zero-order valence-electron chi connectivity index (χ0n) is 21.4. The number of nitrogens with one attached hydrogen (secondary N) is 2. The highest BCUT2D eigenvalue weighted by Crippen LogP contribution is 2.30. The van der Waals surface area contributed by atoms with E-state index in [9.17, 15) is 18.8 Å². The van der Waals surface area contributed by atoms with Crippen LogP contribution >= 0.6 is 0 Å². The number of anilines is 2. The third-order valence-electron chi connectivity index (χ3n) is 5.45. The number of carboxylic acids is 1. The van der Waals surface area contributed by atoms with E-state index in [1.54, 1.807) is 45.3 Å². The molecular formula is C26H26FN7O5. The number of fused-ring (bicyclic) bond motifs is 1. The molecule has 0 atom stereocenters. The van der Waals surface area contributed by atoms with Crippen molar-refractivity contribution in [2.75, 3.05) is 10.6 Å². The number of carbonyl (C=O) groups excluding carboxylic acids is 2. The van der Waals surface area contributed by atoms with Crippen LogP contribution in [0.1, 0.15) is 35.9 Å². The quantitative estimate of drug-likeness (QED) is 0.301. The van der Waals surface area contributed by atoms with Crippen molar-refractivity contribution < 1.29 is 28.6 Å². The Morgan fingerprint density at radius 3 is 2.51 bits per heavy atom. The van der Waals surface area contributed by atoms with Crippen LogP contribution in [-0.2, 0) is 16.6 Å². The summed E-state index contributed by atoms with van der Waals surface area (Å²) in [4.78, 5) is 38.3. The van der Waals surface area contributed by atoms with E-state index in [2.05, 4.69) is 25.8 Å². The van der Waals surface area contributed by atoms with E-state index in [4.69, 9.17) is 9.84 Å². The van der Waals surface area contributed by atoms with E-state index in [-0.39, 0.29) is 29.1 Å². The lowest BCUT2D eigenvalue weighted by Gasteiger charge is -2.10. The van der Waals surface area contributed by atoms with Crippen LogP contribution in [0.25, 0.3) is 5.65 Å². The van der Waals surface area contributed by atoms with Crippen molar-refractivity contribution in [3.05, 3.63) is 72.0 Å². The predicted octanol–water partition coefficient (Wildman–Crippen LogP) is 3.95. The summed E-state index contributed by atoms with van der Waals surface area (Å²) < 4.78 is 23.0. The minimum absolute atomic E-state index is 0.0369. The number of carboxylic acid groups (broad SMARTS) is 1. The number of allylic oxidation sites excluding steroid dienone is 1. The molecule has 1 saturated carbocycles. The Morgan fingerprint density at radius 2 is 1.90 bits per heavy atom. The zero-order chi connectivity index (χ0) is 28.1. The molecule has 3 heterocycles. The Bertz CT molecular complexity index is 1570. The molecule has 39 heavy (non-hydrogen) atoms. The highest BCUT2D eigenvalue weighted by Gasteiger charge is 2.30. The molecule has 1 fully saturated rings. The number of carbonyl (C=O) groups is 3. The van der Waals surface area contributed by atoms with Gasteiger partial charge in [-0.1, -0.05) is 6.08 Å². The summed E-state index contributed by atoms with van der Waals surface area (Å²) >= 11 is 0. The number of aryl methyl sites for hydroxylation is 2. The zero-order valence-corrected chi connectivity index (χ0v) is 21.4. The summed E-state index contributed by atoms with van der Waals surface area (Å²) in [6, 6.07) is 8.90. The van der Waals surface area contributed by atoms with Gasteiger partial charge in [0.2, 0.25) is 11.8 Å². The number of aliphatic carboxylic acids is 1. The van der Waals surface area contributed by atoms with Crippen molar-refractivity contribution in [1.82, 2.24) is 24.4 Å². The van der Waals surface area contributed by atoms with Crippen molar-refractivity contribution in [3.8, 4) is 11.6 Å². The molecule has 0 unspecified atom stereocenters. The topological polar surface area (TPSA) is 153 Å². The van der Waals surface area contributed by atoms with E-state index in [0.29, 0.717) is 22.9 Å². The number of amides is 2. The van der Waals surface area contributed by atoms with Crippen LogP contribution in [-0.4, -0.2) is 47.3 Å². The molecule has 0 radical (unpaired) electrons. The highest BCUT2D eigenvalue weighted by molar-refractivity contribution is 6.03. The Balaban J connectivity index is 0.000000531. The molecule has 1 aromatic carbocycles. The summed E-state index contributed by atoms with van der Waals surface area (Å²) in [5.41, 5.74) is 1.48. The summed E-state index contributed by atoms with van der Waals surface area (Å²) in [6.07, 6.45) is 5.95. The Labute approximate surface area is 222 Å². The third kappa shape index (κ3) is 7.03. The first kappa shape index (κ1) is 27.0. The number of hydrogen-bond acceptors (Lipinski definition) is 7. The van der Waals surface area contributed by atoms with Gasteiger partial charge in [0, 0.05) is 31.2 Å². The largest absolute Gasteiger partial charge is 0.478 e. The number of benzene rings is 1. The normalized spacial score (nSPS) is 12.6. The van der Waals surface area contributed by atoms with Gasteiger partial charge >= 0.3 is 5.97 Å². The lowest BCUT2D eigenvalue weighted by atomic mass is 10.2. The fourth-order valence-electron chi connectivity index (χ4n) is 3.49. The van der Waals surface area contributed by atoms with Gasteiger partial charge in [-0.05, 0) is 51.0 Å². The summed E-state index contributed by atoms with van der Waals surface area (Å²) in [5.74, 6) is -1.05. The van der Waals surface area contributed by atoms with Gasteiger partial charge in [-0.2, -0.15) is 5.10 Å². The summed E-state index contributed by atoms with van der Waals surface area (Å²) in [5, 5.41) is 21.6. The second-order valence-electron chi connectivity index (χ2n) is 8.69. The molecule has 12 nitrogen and oxygen atoms in total. The molecule has 0 saturated heterocycles. The Hall–Kier alpha value is -5.07. The molecule has 0 spiro atoms. The van der Waals surface area contributed by atoms with Gasteiger partial charge in [-0.25, -0.2) is 18.7 Å². The fourth-order valence-corrected chi connectivity index (χ4v) is 3.49. The smallest absolute Gasteiger partial charge is 0.327 e. The first-order valence-electron chi connectivity index (χ1n) is 11.9. The van der Waals surface area contributed by atoms with Crippen LogP contribution in [0.2, 0.25) is 0 Å². The molecule has 3 N–H and O–H groups in total. The maximum absolute atomic E-state index is 14.3. The lowest BCUT2D eigenvalue weighted by Crippen LogP contribution is -2.16. The molecule has 3 aromatic heterocycles. The number of nitrogens with zero attached hydrogens (tertiary/aromatic N) is 5. The van der Waals surface area contributed by atoms with E-state index < -0.39 is 17.7 Å².